The first kappa shape index (κ1) is 20.8. The predicted molar refractivity (Wildman–Crippen MR) is 119 cm³/mol. The molecule has 152 valence electrons. The number of nitrogens with zero attached hydrogens (tertiary/aromatic N) is 2. The second-order valence-electron chi connectivity index (χ2n) is 7.52. The molecule has 1 amide bonds. The SMILES string of the molecule is CCCCCn1nc(C(=O)Nc2ccc(C(C)CC)cc2)c2ccccc2c1=O. The van der Waals surface area contributed by atoms with Gasteiger partial charge in [-0.1, -0.05) is 63.9 Å². The van der Waals surface area contributed by atoms with Gasteiger partial charge in [0.15, 0.2) is 5.69 Å². The van der Waals surface area contributed by atoms with Crippen molar-refractivity contribution in [1.29, 1.82) is 0 Å². The number of benzene rings is 2. The highest BCUT2D eigenvalue weighted by molar-refractivity contribution is 6.11. The highest BCUT2D eigenvalue weighted by Gasteiger charge is 2.17. The molecule has 3 aromatic rings. The van der Waals surface area contributed by atoms with E-state index in [2.05, 4.69) is 31.2 Å². The second-order valence-corrected chi connectivity index (χ2v) is 7.52. The molecule has 1 atom stereocenters. The molecule has 0 aliphatic heterocycles. The van der Waals surface area contributed by atoms with Crippen molar-refractivity contribution in [2.75, 3.05) is 5.32 Å². The first-order valence-electron chi connectivity index (χ1n) is 10.5. The number of fused-ring (bicyclic) bond motifs is 1. The molecule has 0 saturated carbocycles. The van der Waals surface area contributed by atoms with Crippen LogP contribution in [0, 0.1) is 0 Å². The molecule has 2 aromatic carbocycles. The topological polar surface area (TPSA) is 64.0 Å². The van der Waals surface area contributed by atoms with Crippen LogP contribution in [0.4, 0.5) is 5.69 Å². The highest BCUT2D eigenvalue weighted by atomic mass is 16.2. The third kappa shape index (κ3) is 4.73. The number of carbonyl (C=O) groups is 1. The Labute approximate surface area is 171 Å². The number of aromatic nitrogens is 2. The number of aryl methyl sites for hydroxylation is 1. The van der Waals surface area contributed by atoms with Crippen LogP contribution < -0.4 is 10.9 Å². The quantitative estimate of drug-likeness (QED) is 0.526. The van der Waals surface area contributed by atoms with Crippen LogP contribution >= 0.6 is 0 Å². The highest BCUT2D eigenvalue weighted by Crippen LogP contribution is 2.21. The summed E-state index contributed by atoms with van der Waals surface area (Å²) in [6.07, 6.45) is 4.01. The van der Waals surface area contributed by atoms with Crippen LogP contribution in [0.2, 0.25) is 0 Å². The predicted octanol–water partition coefficient (Wildman–Crippen LogP) is 5.35. The lowest BCUT2D eigenvalue weighted by Crippen LogP contribution is -2.27. The number of unbranched alkanes of at least 4 members (excludes halogenated alkanes) is 2. The lowest BCUT2D eigenvalue weighted by molar-refractivity contribution is 0.102. The lowest BCUT2D eigenvalue weighted by atomic mass is 9.98. The minimum absolute atomic E-state index is 0.147. The summed E-state index contributed by atoms with van der Waals surface area (Å²) in [5, 5.41) is 8.46. The van der Waals surface area contributed by atoms with Gasteiger partial charge in [-0.2, -0.15) is 5.10 Å². The normalized spacial score (nSPS) is 12.1. The van der Waals surface area contributed by atoms with Gasteiger partial charge in [-0.05, 0) is 42.5 Å². The van der Waals surface area contributed by atoms with Crippen molar-refractivity contribution in [1.82, 2.24) is 9.78 Å². The molecule has 5 nitrogen and oxygen atoms in total. The van der Waals surface area contributed by atoms with Gasteiger partial charge in [-0.3, -0.25) is 9.59 Å². The van der Waals surface area contributed by atoms with Crippen LogP contribution in [0.5, 0.6) is 0 Å². The number of carbonyl (C=O) groups excluding carboxylic acids is 1. The number of hydrogen-bond donors (Lipinski definition) is 1. The molecular formula is C24H29N3O2. The molecule has 5 heteroatoms. The Balaban J connectivity index is 1.92. The van der Waals surface area contributed by atoms with Crippen LogP contribution in [-0.2, 0) is 6.54 Å². The van der Waals surface area contributed by atoms with Crippen molar-refractivity contribution >= 4 is 22.4 Å². The molecule has 1 N–H and O–H groups in total. The summed E-state index contributed by atoms with van der Waals surface area (Å²) >= 11 is 0. The Morgan fingerprint density at radius 1 is 1.03 bits per heavy atom. The first-order chi connectivity index (χ1) is 14.0. The van der Waals surface area contributed by atoms with Crippen molar-refractivity contribution in [3.63, 3.8) is 0 Å². The van der Waals surface area contributed by atoms with Crippen molar-refractivity contribution in [3.05, 3.63) is 70.1 Å². The maximum Gasteiger partial charge on any atom is 0.276 e. The van der Waals surface area contributed by atoms with Gasteiger partial charge in [0.2, 0.25) is 0 Å². The van der Waals surface area contributed by atoms with Gasteiger partial charge < -0.3 is 5.32 Å². The van der Waals surface area contributed by atoms with Crippen molar-refractivity contribution in [3.8, 4) is 0 Å². The maximum atomic E-state index is 13.0. The largest absolute Gasteiger partial charge is 0.321 e. The van der Waals surface area contributed by atoms with Gasteiger partial charge in [0.25, 0.3) is 11.5 Å². The van der Waals surface area contributed by atoms with E-state index in [1.54, 1.807) is 12.1 Å². The van der Waals surface area contributed by atoms with Crippen molar-refractivity contribution < 1.29 is 4.79 Å². The zero-order valence-corrected chi connectivity index (χ0v) is 17.4. The molecule has 0 aliphatic rings. The molecule has 1 heterocycles. The van der Waals surface area contributed by atoms with E-state index in [1.807, 2.05) is 36.4 Å². The molecule has 0 fully saturated rings. The smallest absolute Gasteiger partial charge is 0.276 e. The summed E-state index contributed by atoms with van der Waals surface area (Å²) in [6.45, 7) is 6.97. The van der Waals surface area contributed by atoms with Crippen molar-refractivity contribution in [2.24, 2.45) is 0 Å². The average Bonchev–Trinajstić information content (AvgIpc) is 2.75. The van der Waals surface area contributed by atoms with Gasteiger partial charge in [0.1, 0.15) is 0 Å². The van der Waals surface area contributed by atoms with E-state index in [4.69, 9.17) is 0 Å². The summed E-state index contributed by atoms with van der Waals surface area (Å²) in [5.41, 5.74) is 2.10. The van der Waals surface area contributed by atoms with E-state index >= 15 is 0 Å². The fraction of sp³-hybridized carbons (Fsp3) is 0.375. The zero-order valence-electron chi connectivity index (χ0n) is 17.4. The van der Waals surface area contributed by atoms with Gasteiger partial charge in [0, 0.05) is 17.6 Å². The van der Waals surface area contributed by atoms with E-state index in [1.165, 1.54) is 10.2 Å². The van der Waals surface area contributed by atoms with Crippen LogP contribution in [0.1, 0.15) is 68.4 Å². The fourth-order valence-electron chi connectivity index (χ4n) is 3.39. The standard InChI is InChI=1S/C24H29N3O2/c1-4-6-9-16-27-24(29)21-11-8-7-10-20(21)22(26-27)23(28)25-19-14-12-18(13-15-19)17(3)5-2/h7-8,10-15,17H,4-6,9,16H2,1-3H3,(H,25,28). The van der Waals surface area contributed by atoms with Crippen molar-refractivity contribution in [2.45, 2.75) is 58.9 Å². The van der Waals surface area contributed by atoms with Crippen LogP contribution in [0.25, 0.3) is 10.8 Å². The molecule has 29 heavy (non-hydrogen) atoms. The van der Waals surface area contributed by atoms with Crippen LogP contribution in [-0.4, -0.2) is 15.7 Å². The van der Waals surface area contributed by atoms with Gasteiger partial charge in [0.05, 0.1) is 5.39 Å². The van der Waals surface area contributed by atoms with Crippen LogP contribution in [0.3, 0.4) is 0 Å². The molecular weight excluding hydrogens is 362 g/mol. The number of nitrogens with one attached hydrogen (secondary N) is 1. The minimum Gasteiger partial charge on any atom is -0.321 e. The monoisotopic (exact) mass is 391 g/mol. The number of anilines is 1. The van der Waals surface area contributed by atoms with E-state index in [9.17, 15) is 9.59 Å². The third-order valence-corrected chi connectivity index (χ3v) is 5.41. The molecule has 1 aromatic heterocycles. The fourth-order valence-corrected chi connectivity index (χ4v) is 3.39. The molecule has 0 radical (unpaired) electrons. The molecule has 0 bridgehead atoms. The summed E-state index contributed by atoms with van der Waals surface area (Å²) in [6, 6.07) is 15.1. The van der Waals surface area contributed by atoms with E-state index < -0.39 is 0 Å². The Bertz CT molecular complexity index is 1040. The molecule has 0 saturated heterocycles. The third-order valence-electron chi connectivity index (χ3n) is 5.41. The van der Waals surface area contributed by atoms with E-state index in [0.717, 1.165) is 31.4 Å². The molecule has 1 unspecified atom stereocenters. The second kappa shape index (κ2) is 9.50. The molecule has 3 rings (SSSR count). The van der Waals surface area contributed by atoms with Gasteiger partial charge >= 0.3 is 0 Å². The Morgan fingerprint density at radius 2 is 1.72 bits per heavy atom. The van der Waals surface area contributed by atoms with Gasteiger partial charge in [-0.15, -0.1) is 0 Å². The summed E-state index contributed by atoms with van der Waals surface area (Å²) in [4.78, 5) is 25.8. The van der Waals surface area contributed by atoms with E-state index in [-0.39, 0.29) is 17.2 Å². The first-order valence-corrected chi connectivity index (χ1v) is 10.5. The Kier molecular flexibility index (Phi) is 6.81. The Morgan fingerprint density at radius 3 is 2.38 bits per heavy atom. The van der Waals surface area contributed by atoms with Gasteiger partial charge in [-0.25, -0.2) is 4.68 Å². The number of rotatable bonds is 8. The summed E-state index contributed by atoms with van der Waals surface area (Å²) in [7, 11) is 0. The molecule has 0 aliphatic carbocycles. The van der Waals surface area contributed by atoms with E-state index in [0.29, 0.717) is 23.2 Å². The maximum absolute atomic E-state index is 13.0. The summed E-state index contributed by atoms with van der Waals surface area (Å²) in [5.74, 6) is 0.179. The average molecular weight is 392 g/mol. The summed E-state index contributed by atoms with van der Waals surface area (Å²) < 4.78 is 1.43. The number of hydrogen-bond acceptors (Lipinski definition) is 3. The minimum atomic E-state index is -0.304. The zero-order chi connectivity index (χ0) is 20.8. The number of amides is 1. The lowest BCUT2D eigenvalue weighted by Gasteiger charge is -2.12. The molecule has 0 spiro atoms. The Hall–Kier alpha value is -2.95. The van der Waals surface area contributed by atoms with Crippen LogP contribution in [0.15, 0.2) is 53.3 Å².